The minimum absolute atomic E-state index is 0.170. The van der Waals surface area contributed by atoms with Gasteiger partial charge in [0.05, 0.1) is 18.6 Å². The van der Waals surface area contributed by atoms with Gasteiger partial charge in [-0.05, 0) is 88.2 Å². The molecule has 1 saturated heterocycles. The number of hydrogen-bond acceptors (Lipinski definition) is 7. The van der Waals surface area contributed by atoms with E-state index in [4.69, 9.17) is 4.74 Å². The lowest BCUT2D eigenvalue weighted by molar-refractivity contribution is -0.133. The molecule has 0 radical (unpaired) electrons. The highest BCUT2D eigenvalue weighted by Gasteiger charge is 2.57. The summed E-state index contributed by atoms with van der Waals surface area (Å²) in [7, 11) is 4.93. The minimum Gasteiger partial charge on any atom is -0.497 e. The number of nitrogens with one attached hydrogen (secondary N) is 1. The van der Waals surface area contributed by atoms with E-state index in [1.54, 1.807) is 37.9 Å². The van der Waals surface area contributed by atoms with Gasteiger partial charge < -0.3 is 24.8 Å². The molecule has 0 aromatic heterocycles. The third-order valence-electron chi connectivity index (χ3n) is 8.48. The van der Waals surface area contributed by atoms with Gasteiger partial charge in [0, 0.05) is 45.5 Å². The number of carbonyl (C=O) groups is 2. The normalized spacial score (nSPS) is 18.1. The van der Waals surface area contributed by atoms with Gasteiger partial charge in [0.1, 0.15) is 11.3 Å². The van der Waals surface area contributed by atoms with E-state index in [0.717, 1.165) is 29.4 Å². The number of hydrogen-bond donors (Lipinski definition) is 1. The number of sulfonamides is 1. The monoisotopic (exact) mass is 585 g/mol. The summed E-state index contributed by atoms with van der Waals surface area (Å²) in [5.74, 6) is -0.136. The van der Waals surface area contributed by atoms with Gasteiger partial charge in [0.25, 0.3) is 0 Å². The van der Waals surface area contributed by atoms with Crippen LogP contribution in [-0.2, 0) is 26.2 Å². The number of carbonyl (C=O) groups excluding carboxylic acids is 2. The van der Waals surface area contributed by atoms with Crippen molar-refractivity contribution in [3.05, 3.63) is 53.1 Å². The Morgan fingerprint density at radius 3 is 2.17 bits per heavy atom. The molecule has 1 aliphatic heterocycles. The second kappa shape index (κ2) is 12.0. The Balaban J connectivity index is 1.33. The molecule has 10 nitrogen and oxygen atoms in total. The summed E-state index contributed by atoms with van der Waals surface area (Å²) in [5, 5.41) is 2.70. The standard InChI is InChI=1S/C30H43N5O5S/c1-21-16-26(40-7)17-22(2)28(21)41(38,39)34(6)30(13-14-30)29(37)31-18-27(36)33(5)19-23-8-10-24(11-9-23)35-15-12-25(20-35)32(3)4/h8-11,16-17,25H,12-15,18-20H2,1-7H3,(H,31,37). The molecule has 2 aromatic carbocycles. The molecule has 224 valence electrons. The number of methoxy groups -OCH3 is 1. The van der Waals surface area contributed by atoms with Crippen LogP contribution < -0.4 is 15.0 Å². The lowest BCUT2D eigenvalue weighted by Gasteiger charge is -2.28. The highest BCUT2D eigenvalue weighted by molar-refractivity contribution is 7.89. The number of benzene rings is 2. The Morgan fingerprint density at radius 2 is 1.66 bits per heavy atom. The predicted molar refractivity (Wildman–Crippen MR) is 160 cm³/mol. The lowest BCUT2D eigenvalue weighted by Crippen LogP contribution is -2.51. The molecule has 1 heterocycles. The van der Waals surface area contributed by atoms with Gasteiger partial charge in [-0.1, -0.05) is 12.1 Å². The molecule has 4 rings (SSSR count). The number of ether oxygens (including phenoxy) is 1. The molecule has 2 fully saturated rings. The van der Waals surface area contributed by atoms with Crippen LogP contribution in [0.25, 0.3) is 0 Å². The average Bonchev–Trinajstić information content (AvgIpc) is 3.59. The summed E-state index contributed by atoms with van der Waals surface area (Å²) in [6.07, 6.45) is 1.93. The number of nitrogens with zero attached hydrogens (tertiary/aromatic N) is 4. The Kier molecular flexibility index (Phi) is 9.01. The van der Waals surface area contributed by atoms with Crippen molar-refractivity contribution in [2.45, 2.75) is 56.1 Å². The van der Waals surface area contributed by atoms with Crippen LogP contribution >= 0.6 is 0 Å². The first-order valence-electron chi connectivity index (χ1n) is 14.0. The first-order valence-corrected chi connectivity index (χ1v) is 15.4. The maximum atomic E-state index is 13.6. The molecule has 2 aromatic rings. The first-order chi connectivity index (χ1) is 19.3. The molecule has 2 amide bonds. The fourth-order valence-electron chi connectivity index (χ4n) is 5.63. The van der Waals surface area contributed by atoms with E-state index in [2.05, 4.69) is 41.3 Å². The van der Waals surface area contributed by atoms with Crippen LogP contribution in [0.3, 0.4) is 0 Å². The summed E-state index contributed by atoms with van der Waals surface area (Å²) in [6, 6.07) is 12.1. The fourth-order valence-corrected chi connectivity index (χ4v) is 7.56. The fraction of sp³-hybridized carbons (Fsp3) is 0.533. The molecule has 0 spiro atoms. The molecule has 1 aliphatic carbocycles. The topological polar surface area (TPSA) is 102 Å². The van der Waals surface area contributed by atoms with Crippen LogP contribution in [-0.4, -0.2) is 101 Å². The Bertz CT molecular complexity index is 1370. The number of rotatable bonds is 11. The molecular formula is C30H43N5O5S. The van der Waals surface area contributed by atoms with E-state index in [-0.39, 0.29) is 17.3 Å². The van der Waals surface area contributed by atoms with Gasteiger partial charge in [0.15, 0.2) is 0 Å². The smallest absolute Gasteiger partial charge is 0.244 e. The maximum absolute atomic E-state index is 13.6. The van der Waals surface area contributed by atoms with Gasteiger partial charge in [0.2, 0.25) is 21.8 Å². The molecule has 41 heavy (non-hydrogen) atoms. The minimum atomic E-state index is -3.96. The van der Waals surface area contributed by atoms with Crippen LogP contribution in [0.15, 0.2) is 41.3 Å². The molecule has 11 heteroatoms. The maximum Gasteiger partial charge on any atom is 0.244 e. The van der Waals surface area contributed by atoms with Crippen molar-refractivity contribution in [2.24, 2.45) is 0 Å². The molecule has 0 bridgehead atoms. The van der Waals surface area contributed by atoms with E-state index >= 15 is 0 Å². The third kappa shape index (κ3) is 6.37. The number of aryl methyl sites for hydroxylation is 2. The predicted octanol–water partition coefficient (Wildman–Crippen LogP) is 2.38. The molecular weight excluding hydrogens is 542 g/mol. The largest absolute Gasteiger partial charge is 0.497 e. The molecule has 2 aliphatic rings. The van der Waals surface area contributed by atoms with Gasteiger partial charge >= 0.3 is 0 Å². The van der Waals surface area contributed by atoms with Crippen molar-refractivity contribution in [2.75, 3.05) is 59.8 Å². The molecule has 1 atom stereocenters. The summed E-state index contributed by atoms with van der Waals surface area (Å²) in [6.45, 7) is 5.66. The van der Waals surface area contributed by atoms with E-state index in [0.29, 0.717) is 42.3 Å². The van der Waals surface area contributed by atoms with Crippen LogP contribution in [0.5, 0.6) is 5.75 Å². The van der Waals surface area contributed by atoms with E-state index in [9.17, 15) is 18.0 Å². The van der Waals surface area contributed by atoms with Crippen LogP contribution in [0.1, 0.15) is 36.0 Å². The number of likely N-dealkylation sites (N-methyl/N-ethyl adjacent to an activating group) is 3. The van der Waals surface area contributed by atoms with Crippen molar-refractivity contribution in [1.82, 2.24) is 19.4 Å². The second-order valence-electron chi connectivity index (χ2n) is 11.5. The highest BCUT2D eigenvalue weighted by Crippen LogP contribution is 2.44. The number of anilines is 1. The number of amides is 2. The summed E-state index contributed by atoms with van der Waals surface area (Å²) >= 11 is 0. The lowest BCUT2D eigenvalue weighted by atomic mass is 10.1. The molecule has 1 saturated carbocycles. The summed E-state index contributed by atoms with van der Waals surface area (Å²) in [5.41, 5.74) is 2.07. The zero-order chi connectivity index (χ0) is 30.1. The van der Waals surface area contributed by atoms with Crippen molar-refractivity contribution in [3.8, 4) is 5.75 Å². The third-order valence-corrected chi connectivity index (χ3v) is 10.7. The summed E-state index contributed by atoms with van der Waals surface area (Å²) in [4.78, 5) is 32.5. The van der Waals surface area contributed by atoms with Gasteiger partial charge in [-0.2, -0.15) is 4.31 Å². The Morgan fingerprint density at radius 1 is 1.05 bits per heavy atom. The van der Waals surface area contributed by atoms with Crippen LogP contribution in [0.2, 0.25) is 0 Å². The average molecular weight is 586 g/mol. The quantitative estimate of drug-likeness (QED) is 0.432. The summed E-state index contributed by atoms with van der Waals surface area (Å²) < 4.78 is 33.6. The van der Waals surface area contributed by atoms with Crippen LogP contribution in [0.4, 0.5) is 5.69 Å². The van der Waals surface area contributed by atoms with Crippen LogP contribution in [0, 0.1) is 13.8 Å². The van der Waals surface area contributed by atoms with Crippen molar-refractivity contribution in [1.29, 1.82) is 0 Å². The Hall–Kier alpha value is -3.15. The van der Waals surface area contributed by atoms with Crippen molar-refractivity contribution in [3.63, 3.8) is 0 Å². The van der Waals surface area contributed by atoms with Gasteiger partial charge in [-0.3, -0.25) is 9.59 Å². The molecule has 1 unspecified atom stereocenters. The second-order valence-corrected chi connectivity index (χ2v) is 13.5. The van der Waals surface area contributed by atoms with Gasteiger partial charge in [-0.25, -0.2) is 8.42 Å². The van der Waals surface area contributed by atoms with E-state index in [1.807, 2.05) is 12.1 Å². The first kappa shape index (κ1) is 30.8. The van der Waals surface area contributed by atoms with E-state index < -0.39 is 21.5 Å². The van der Waals surface area contributed by atoms with E-state index in [1.165, 1.54) is 19.8 Å². The molecule has 1 N–H and O–H groups in total. The Labute approximate surface area is 244 Å². The highest BCUT2D eigenvalue weighted by atomic mass is 32.2. The SMILES string of the molecule is COc1cc(C)c(S(=O)(=O)N(C)C2(C(=O)NCC(=O)N(C)Cc3ccc(N4CCC(N(C)C)C4)cc3)CC2)c(C)c1. The van der Waals surface area contributed by atoms with Gasteiger partial charge in [-0.15, -0.1) is 0 Å². The van der Waals surface area contributed by atoms with Crippen molar-refractivity contribution < 1.29 is 22.7 Å². The zero-order valence-electron chi connectivity index (χ0n) is 25.2. The van der Waals surface area contributed by atoms with Crippen molar-refractivity contribution >= 4 is 27.5 Å². The zero-order valence-corrected chi connectivity index (χ0v) is 26.0.